The lowest BCUT2D eigenvalue weighted by atomic mass is 9.89. The zero-order chi connectivity index (χ0) is 13.1. The van der Waals surface area contributed by atoms with Gasteiger partial charge in [-0.1, -0.05) is 25.0 Å². The topological polar surface area (TPSA) is 47.9 Å². The molecule has 0 atom stereocenters. The van der Waals surface area contributed by atoms with E-state index >= 15 is 0 Å². The first kappa shape index (κ1) is 12.4. The van der Waals surface area contributed by atoms with E-state index in [2.05, 4.69) is 4.99 Å². The molecule has 3 rings (SSSR count). The van der Waals surface area contributed by atoms with E-state index in [1.807, 2.05) is 24.3 Å². The normalized spacial score (nSPS) is 21.5. The summed E-state index contributed by atoms with van der Waals surface area (Å²) in [5.74, 6) is 0.832. The van der Waals surface area contributed by atoms with E-state index in [0.717, 1.165) is 37.0 Å². The number of benzene rings is 1. The number of ether oxygens (including phenoxy) is 2. The van der Waals surface area contributed by atoms with Crippen molar-refractivity contribution in [2.24, 2.45) is 4.99 Å². The van der Waals surface area contributed by atoms with Crippen LogP contribution in [0.15, 0.2) is 29.3 Å². The molecule has 4 heteroatoms. The highest BCUT2D eigenvalue weighted by Crippen LogP contribution is 2.42. The first-order valence-electron chi connectivity index (χ1n) is 6.76. The van der Waals surface area contributed by atoms with Crippen LogP contribution < -0.4 is 4.74 Å². The molecule has 1 aliphatic heterocycles. The fraction of sp³-hybridized carbons (Fsp3) is 0.533. The van der Waals surface area contributed by atoms with E-state index in [-0.39, 0.29) is 11.6 Å². The molecule has 0 unspecified atom stereocenters. The van der Waals surface area contributed by atoms with Gasteiger partial charge in [-0.2, -0.15) is 4.99 Å². The number of aliphatic imine (C=N–C) groups is 1. The maximum Gasteiger partial charge on any atom is 0.235 e. The number of hydrogen-bond acceptors (Lipinski definition) is 4. The Bertz CT molecular complexity index is 498. The Labute approximate surface area is 112 Å². The molecule has 0 N–H and O–H groups in total. The highest BCUT2D eigenvalue weighted by Gasteiger charge is 2.36. The zero-order valence-corrected chi connectivity index (χ0v) is 10.8. The van der Waals surface area contributed by atoms with Crippen LogP contribution in [0.3, 0.4) is 0 Å². The molecule has 2 fully saturated rings. The molecular formula is C15H17NO3. The van der Waals surface area contributed by atoms with Gasteiger partial charge in [0.2, 0.25) is 6.08 Å². The lowest BCUT2D eigenvalue weighted by Gasteiger charge is -2.28. The average molecular weight is 259 g/mol. The molecule has 100 valence electrons. The van der Waals surface area contributed by atoms with Gasteiger partial charge in [0.25, 0.3) is 0 Å². The van der Waals surface area contributed by atoms with Gasteiger partial charge in [0.05, 0.1) is 18.8 Å². The van der Waals surface area contributed by atoms with E-state index < -0.39 is 0 Å². The van der Waals surface area contributed by atoms with Crippen molar-refractivity contribution < 1.29 is 14.3 Å². The van der Waals surface area contributed by atoms with E-state index in [9.17, 15) is 4.79 Å². The van der Waals surface area contributed by atoms with E-state index in [0.29, 0.717) is 13.2 Å². The van der Waals surface area contributed by atoms with Gasteiger partial charge in [0, 0.05) is 0 Å². The summed E-state index contributed by atoms with van der Waals surface area (Å²) in [4.78, 5) is 14.8. The summed E-state index contributed by atoms with van der Waals surface area (Å²) >= 11 is 0. The molecule has 19 heavy (non-hydrogen) atoms. The van der Waals surface area contributed by atoms with Crippen LogP contribution in [0, 0.1) is 0 Å². The highest BCUT2D eigenvalue weighted by atomic mass is 16.6. The summed E-state index contributed by atoms with van der Waals surface area (Å²) in [6, 6.07) is 7.93. The zero-order valence-electron chi connectivity index (χ0n) is 10.8. The molecule has 2 aliphatic rings. The van der Waals surface area contributed by atoms with Gasteiger partial charge in [-0.25, -0.2) is 4.79 Å². The van der Waals surface area contributed by atoms with Crippen LogP contribution in [0.5, 0.6) is 5.75 Å². The van der Waals surface area contributed by atoms with Gasteiger partial charge < -0.3 is 9.47 Å². The molecule has 1 heterocycles. The van der Waals surface area contributed by atoms with E-state index in [4.69, 9.17) is 9.47 Å². The molecule has 1 aromatic rings. The summed E-state index contributed by atoms with van der Waals surface area (Å²) in [7, 11) is 0. The van der Waals surface area contributed by atoms with Gasteiger partial charge >= 0.3 is 0 Å². The predicted molar refractivity (Wildman–Crippen MR) is 69.9 cm³/mol. The van der Waals surface area contributed by atoms with Crippen molar-refractivity contribution in [1.82, 2.24) is 0 Å². The smallest absolute Gasteiger partial charge is 0.235 e. The van der Waals surface area contributed by atoms with Crippen molar-refractivity contribution in [2.45, 2.75) is 37.3 Å². The number of nitrogens with zero attached hydrogens (tertiary/aromatic N) is 1. The van der Waals surface area contributed by atoms with Crippen LogP contribution in [0.4, 0.5) is 0 Å². The fourth-order valence-corrected chi connectivity index (χ4v) is 2.85. The standard InChI is InChI=1S/C15H17NO3/c17-11-16-15(6-1-2-7-15)12-4-3-5-13(8-12)19-14-9-18-10-14/h3-5,8,14H,1-2,6-7,9-10H2. The summed E-state index contributed by atoms with van der Waals surface area (Å²) in [6.07, 6.45) is 5.94. The molecule has 1 saturated heterocycles. The number of isocyanates is 1. The Morgan fingerprint density at radius 1 is 1.32 bits per heavy atom. The first-order chi connectivity index (χ1) is 9.32. The molecule has 4 nitrogen and oxygen atoms in total. The summed E-state index contributed by atoms with van der Waals surface area (Å²) in [5.41, 5.74) is 0.683. The monoisotopic (exact) mass is 259 g/mol. The lowest BCUT2D eigenvalue weighted by molar-refractivity contribution is -0.0797. The molecular weight excluding hydrogens is 242 g/mol. The molecule has 0 radical (unpaired) electrons. The quantitative estimate of drug-likeness (QED) is 0.616. The molecule has 1 saturated carbocycles. The predicted octanol–water partition coefficient (Wildman–Crippen LogP) is 2.57. The highest BCUT2D eigenvalue weighted by molar-refractivity contribution is 5.41. The minimum absolute atomic E-state index is 0.157. The second-order valence-electron chi connectivity index (χ2n) is 5.25. The van der Waals surface area contributed by atoms with Crippen LogP contribution in [-0.2, 0) is 15.1 Å². The van der Waals surface area contributed by atoms with Crippen molar-refractivity contribution in [3.05, 3.63) is 29.8 Å². The maximum absolute atomic E-state index is 10.7. The van der Waals surface area contributed by atoms with Crippen LogP contribution in [0.25, 0.3) is 0 Å². The van der Waals surface area contributed by atoms with Crippen LogP contribution in [0.1, 0.15) is 31.2 Å². The van der Waals surface area contributed by atoms with Gasteiger partial charge in [0.1, 0.15) is 11.9 Å². The second-order valence-corrected chi connectivity index (χ2v) is 5.25. The summed E-state index contributed by atoms with van der Waals surface area (Å²) < 4.78 is 10.9. The van der Waals surface area contributed by atoms with Crippen LogP contribution in [-0.4, -0.2) is 25.4 Å². The third kappa shape index (κ3) is 2.42. The van der Waals surface area contributed by atoms with Crippen molar-refractivity contribution in [2.75, 3.05) is 13.2 Å². The molecule has 1 aliphatic carbocycles. The summed E-state index contributed by atoms with van der Waals surface area (Å²) in [6.45, 7) is 1.31. The minimum Gasteiger partial charge on any atom is -0.486 e. The molecule has 0 aromatic heterocycles. The largest absolute Gasteiger partial charge is 0.486 e. The molecule has 0 bridgehead atoms. The average Bonchev–Trinajstić information content (AvgIpc) is 2.85. The Hall–Kier alpha value is -1.64. The first-order valence-corrected chi connectivity index (χ1v) is 6.76. The Morgan fingerprint density at radius 3 is 2.74 bits per heavy atom. The maximum atomic E-state index is 10.7. The number of carbonyl (C=O) groups excluding carboxylic acids is 1. The van der Waals surface area contributed by atoms with Gasteiger partial charge in [0.15, 0.2) is 0 Å². The van der Waals surface area contributed by atoms with Crippen LogP contribution in [0.2, 0.25) is 0 Å². The fourth-order valence-electron chi connectivity index (χ4n) is 2.85. The van der Waals surface area contributed by atoms with Gasteiger partial charge in [-0.3, -0.25) is 0 Å². The second kappa shape index (κ2) is 5.16. The molecule has 1 aromatic carbocycles. The van der Waals surface area contributed by atoms with Gasteiger partial charge in [-0.05, 0) is 30.5 Å². The van der Waals surface area contributed by atoms with E-state index in [1.165, 1.54) is 0 Å². The van der Waals surface area contributed by atoms with E-state index in [1.54, 1.807) is 6.08 Å². The van der Waals surface area contributed by atoms with Gasteiger partial charge in [-0.15, -0.1) is 0 Å². The Balaban J connectivity index is 1.86. The minimum atomic E-state index is -0.378. The number of rotatable bonds is 4. The van der Waals surface area contributed by atoms with Crippen molar-refractivity contribution >= 4 is 6.08 Å². The SMILES string of the molecule is O=C=NC1(c2cccc(OC3COC3)c2)CCCC1. The van der Waals surface area contributed by atoms with Crippen molar-refractivity contribution in [1.29, 1.82) is 0 Å². The third-order valence-electron chi connectivity index (χ3n) is 3.97. The summed E-state index contributed by atoms with van der Waals surface area (Å²) in [5, 5.41) is 0. The number of hydrogen-bond donors (Lipinski definition) is 0. The van der Waals surface area contributed by atoms with Crippen molar-refractivity contribution in [3.63, 3.8) is 0 Å². The lowest BCUT2D eigenvalue weighted by Crippen LogP contribution is -2.38. The van der Waals surface area contributed by atoms with Crippen molar-refractivity contribution in [3.8, 4) is 5.75 Å². The third-order valence-corrected chi connectivity index (χ3v) is 3.97. The van der Waals surface area contributed by atoms with Crippen LogP contribution >= 0.6 is 0 Å². The Morgan fingerprint density at radius 2 is 2.11 bits per heavy atom. The molecule has 0 amide bonds. The Kier molecular flexibility index (Phi) is 3.36. The molecule has 0 spiro atoms.